The van der Waals surface area contributed by atoms with Crippen molar-refractivity contribution in [3.8, 4) is 0 Å². The Morgan fingerprint density at radius 3 is 2.85 bits per heavy atom. The molecule has 3 heterocycles. The summed E-state index contributed by atoms with van der Waals surface area (Å²) in [4.78, 5) is 2.40. The molecule has 3 atom stereocenters. The molecule has 0 aromatic rings. The van der Waals surface area contributed by atoms with Gasteiger partial charge in [0, 0.05) is 25.7 Å². The van der Waals surface area contributed by atoms with Gasteiger partial charge in [-0.15, -0.1) is 12.4 Å². The highest BCUT2D eigenvalue weighted by atomic mass is 35.5. The number of ether oxygens (including phenoxy) is 3. The molecule has 3 aliphatic rings. The Morgan fingerprint density at radius 1 is 1.15 bits per heavy atom. The number of fused-ring (bicyclic) bond motifs is 1. The minimum absolute atomic E-state index is 0. The molecule has 3 fully saturated rings. The van der Waals surface area contributed by atoms with E-state index in [-0.39, 0.29) is 12.4 Å². The third-order valence-electron chi connectivity index (χ3n) is 4.41. The molecule has 6 heteroatoms. The molecule has 20 heavy (non-hydrogen) atoms. The van der Waals surface area contributed by atoms with E-state index in [1.165, 1.54) is 6.42 Å². The van der Waals surface area contributed by atoms with E-state index >= 15 is 0 Å². The van der Waals surface area contributed by atoms with Crippen molar-refractivity contribution in [1.29, 1.82) is 0 Å². The Balaban J connectivity index is 0.00000147. The SMILES string of the molecule is C1C[C@H]2O[C@@H](COCCN3CCOCC3)CC[C@H]2N1.Cl. The lowest BCUT2D eigenvalue weighted by Crippen LogP contribution is -2.42. The van der Waals surface area contributed by atoms with Crippen LogP contribution in [0, 0.1) is 0 Å². The van der Waals surface area contributed by atoms with E-state index < -0.39 is 0 Å². The minimum atomic E-state index is 0. The van der Waals surface area contributed by atoms with Gasteiger partial charge in [0.05, 0.1) is 38.6 Å². The molecule has 0 aromatic heterocycles. The average molecular weight is 307 g/mol. The van der Waals surface area contributed by atoms with Crippen LogP contribution in [0.15, 0.2) is 0 Å². The molecule has 3 rings (SSSR count). The molecule has 0 aromatic carbocycles. The number of rotatable bonds is 5. The molecule has 0 radical (unpaired) electrons. The zero-order valence-electron chi connectivity index (χ0n) is 12.1. The number of morpholine rings is 1. The van der Waals surface area contributed by atoms with Gasteiger partial charge in [-0.2, -0.15) is 0 Å². The van der Waals surface area contributed by atoms with E-state index in [1.54, 1.807) is 0 Å². The third-order valence-corrected chi connectivity index (χ3v) is 4.41. The van der Waals surface area contributed by atoms with Crippen molar-refractivity contribution in [2.24, 2.45) is 0 Å². The van der Waals surface area contributed by atoms with Crippen molar-refractivity contribution in [1.82, 2.24) is 10.2 Å². The standard InChI is InChI=1S/C14H26N2O3.ClH/c1-2-13-14(3-4-15-13)19-12(1)11-18-10-7-16-5-8-17-9-6-16;/h12-15H,1-11H2;1H/t12-,13-,14-;/m1./s1. The van der Waals surface area contributed by atoms with E-state index in [2.05, 4.69) is 10.2 Å². The highest BCUT2D eigenvalue weighted by Crippen LogP contribution is 2.25. The maximum Gasteiger partial charge on any atom is 0.0813 e. The molecule has 0 amide bonds. The zero-order valence-corrected chi connectivity index (χ0v) is 12.9. The Bertz CT molecular complexity index is 277. The van der Waals surface area contributed by atoms with Crippen molar-refractivity contribution >= 4 is 12.4 Å². The van der Waals surface area contributed by atoms with Crippen molar-refractivity contribution in [2.75, 3.05) is 52.6 Å². The van der Waals surface area contributed by atoms with Crippen LogP contribution in [0.5, 0.6) is 0 Å². The van der Waals surface area contributed by atoms with E-state index in [4.69, 9.17) is 14.2 Å². The molecule has 0 saturated carbocycles. The molecule has 0 bridgehead atoms. The van der Waals surface area contributed by atoms with Crippen molar-refractivity contribution in [2.45, 2.75) is 37.5 Å². The number of halogens is 1. The van der Waals surface area contributed by atoms with E-state index in [0.717, 1.165) is 65.4 Å². The summed E-state index contributed by atoms with van der Waals surface area (Å²) in [6.07, 6.45) is 4.27. The van der Waals surface area contributed by atoms with Crippen molar-refractivity contribution in [3.05, 3.63) is 0 Å². The van der Waals surface area contributed by atoms with Gasteiger partial charge in [-0.05, 0) is 25.8 Å². The van der Waals surface area contributed by atoms with Gasteiger partial charge in [-0.25, -0.2) is 0 Å². The van der Waals surface area contributed by atoms with Crippen LogP contribution < -0.4 is 5.32 Å². The van der Waals surface area contributed by atoms with Gasteiger partial charge >= 0.3 is 0 Å². The summed E-state index contributed by atoms with van der Waals surface area (Å²) in [5.41, 5.74) is 0. The fourth-order valence-electron chi connectivity index (χ4n) is 3.23. The number of hydrogen-bond acceptors (Lipinski definition) is 5. The molecular formula is C14H27ClN2O3. The lowest BCUT2D eigenvalue weighted by atomic mass is 10.0. The fourth-order valence-corrected chi connectivity index (χ4v) is 3.23. The first-order valence-electron chi connectivity index (χ1n) is 7.68. The average Bonchev–Trinajstić information content (AvgIpc) is 2.92. The largest absolute Gasteiger partial charge is 0.379 e. The Labute approximate surface area is 127 Å². The molecule has 118 valence electrons. The van der Waals surface area contributed by atoms with Gasteiger partial charge < -0.3 is 19.5 Å². The summed E-state index contributed by atoms with van der Waals surface area (Å²) in [6, 6.07) is 0.601. The second kappa shape index (κ2) is 8.51. The van der Waals surface area contributed by atoms with Crippen LogP contribution in [-0.2, 0) is 14.2 Å². The predicted molar refractivity (Wildman–Crippen MR) is 79.6 cm³/mol. The summed E-state index contributed by atoms with van der Waals surface area (Å²) in [5, 5.41) is 3.51. The second-order valence-electron chi connectivity index (χ2n) is 5.75. The van der Waals surface area contributed by atoms with Gasteiger partial charge in [-0.1, -0.05) is 0 Å². The van der Waals surface area contributed by atoms with E-state index in [0.29, 0.717) is 18.2 Å². The highest BCUT2D eigenvalue weighted by Gasteiger charge is 2.34. The summed E-state index contributed by atoms with van der Waals surface area (Å²) in [7, 11) is 0. The number of nitrogens with zero attached hydrogens (tertiary/aromatic N) is 1. The molecule has 0 unspecified atom stereocenters. The molecule has 0 spiro atoms. The van der Waals surface area contributed by atoms with Gasteiger partial charge in [0.15, 0.2) is 0 Å². The molecular weight excluding hydrogens is 280 g/mol. The third kappa shape index (κ3) is 4.55. The maximum absolute atomic E-state index is 6.08. The first-order valence-corrected chi connectivity index (χ1v) is 7.68. The Kier molecular flexibility index (Phi) is 7.01. The molecule has 3 aliphatic heterocycles. The molecule has 5 nitrogen and oxygen atoms in total. The van der Waals surface area contributed by atoms with Gasteiger partial charge in [-0.3, -0.25) is 4.90 Å². The Morgan fingerprint density at radius 2 is 2.00 bits per heavy atom. The number of nitrogens with one attached hydrogen (secondary N) is 1. The van der Waals surface area contributed by atoms with Gasteiger partial charge in [0.25, 0.3) is 0 Å². The summed E-state index contributed by atoms with van der Waals surface area (Å²) >= 11 is 0. The zero-order chi connectivity index (χ0) is 12.9. The van der Waals surface area contributed by atoms with Crippen LogP contribution in [0.25, 0.3) is 0 Å². The van der Waals surface area contributed by atoms with Crippen molar-refractivity contribution < 1.29 is 14.2 Å². The quantitative estimate of drug-likeness (QED) is 0.756. The normalized spacial score (nSPS) is 34.5. The van der Waals surface area contributed by atoms with Crippen LogP contribution in [0.3, 0.4) is 0 Å². The molecule has 3 saturated heterocycles. The number of hydrogen-bond donors (Lipinski definition) is 1. The van der Waals surface area contributed by atoms with Crippen molar-refractivity contribution in [3.63, 3.8) is 0 Å². The summed E-state index contributed by atoms with van der Waals surface area (Å²) in [5.74, 6) is 0. The van der Waals surface area contributed by atoms with Gasteiger partial charge in [0.1, 0.15) is 0 Å². The van der Waals surface area contributed by atoms with Crippen LogP contribution in [0.2, 0.25) is 0 Å². The lowest BCUT2D eigenvalue weighted by Gasteiger charge is -2.32. The highest BCUT2D eigenvalue weighted by molar-refractivity contribution is 5.85. The maximum atomic E-state index is 6.08. The second-order valence-corrected chi connectivity index (χ2v) is 5.75. The van der Waals surface area contributed by atoms with Crippen LogP contribution in [-0.4, -0.2) is 75.8 Å². The summed E-state index contributed by atoms with van der Waals surface area (Å²) < 4.78 is 17.2. The Hall–Kier alpha value is 0.0900. The summed E-state index contributed by atoms with van der Waals surface area (Å²) in [6.45, 7) is 7.50. The molecule has 1 N–H and O–H groups in total. The van der Waals surface area contributed by atoms with Crippen LogP contribution >= 0.6 is 12.4 Å². The van der Waals surface area contributed by atoms with Crippen LogP contribution in [0.1, 0.15) is 19.3 Å². The van der Waals surface area contributed by atoms with Gasteiger partial charge in [0.2, 0.25) is 0 Å². The minimum Gasteiger partial charge on any atom is -0.379 e. The lowest BCUT2D eigenvalue weighted by molar-refractivity contribution is -0.0907. The molecule has 0 aliphatic carbocycles. The van der Waals surface area contributed by atoms with E-state index in [9.17, 15) is 0 Å². The smallest absolute Gasteiger partial charge is 0.0813 e. The fraction of sp³-hybridized carbons (Fsp3) is 1.00. The first kappa shape index (κ1) is 16.5. The monoisotopic (exact) mass is 306 g/mol. The first-order chi connectivity index (χ1) is 9.42. The van der Waals surface area contributed by atoms with E-state index in [1.807, 2.05) is 0 Å². The topological polar surface area (TPSA) is 43.0 Å². The van der Waals surface area contributed by atoms with Crippen LogP contribution in [0.4, 0.5) is 0 Å². The predicted octanol–water partition coefficient (Wildman–Crippen LogP) is 0.666.